The van der Waals surface area contributed by atoms with Gasteiger partial charge in [-0.2, -0.15) is 5.10 Å². The molecule has 9 nitrogen and oxygen atoms in total. The quantitative estimate of drug-likeness (QED) is 0.395. The first-order valence-corrected chi connectivity index (χ1v) is 9.13. The fourth-order valence-electron chi connectivity index (χ4n) is 2.93. The Hall–Kier alpha value is -4.27. The monoisotopic (exact) mass is 401 g/mol. The Morgan fingerprint density at radius 3 is 2.80 bits per heavy atom. The molecule has 0 saturated carbocycles. The summed E-state index contributed by atoms with van der Waals surface area (Å²) < 4.78 is 3.37. The number of nitrogens with zero attached hydrogens (tertiary/aromatic N) is 6. The highest BCUT2D eigenvalue weighted by molar-refractivity contribution is 6.06. The standard InChI is InChI=1S/C21H19N7O2/c1-15(26-30-2)16-6-7-19(27-10-9-22-14-27)18(11-16)25-21(29)17-12-24-28(13-17)20-5-3-4-8-23-20/h3-14H,1-2H3,(H,25,29)/b26-15+. The molecule has 0 aliphatic rings. The summed E-state index contributed by atoms with van der Waals surface area (Å²) in [5, 5.41) is 11.2. The first-order valence-electron chi connectivity index (χ1n) is 9.13. The van der Waals surface area contributed by atoms with Gasteiger partial charge in [-0.25, -0.2) is 14.6 Å². The van der Waals surface area contributed by atoms with Crippen LogP contribution in [0.3, 0.4) is 0 Å². The van der Waals surface area contributed by atoms with E-state index in [0.29, 0.717) is 22.8 Å². The normalized spacial score (nSPS) is 11.3. The van der Waals surface area contributed by atoms with Crippen molar-refractivity contribution in [1.29, 1.82) is 0 Å². The van der Waals surface area contributed by atoms with Crippen LogP contribution in [0, 0.1) is 0 Å². The summed E-state index contributed by atoms with van der Waals surface area (Å²) in [6, 6.07) is 11.1. The molecule has 3 aromatic heterocycles. The third kappa shape index (κ3) is 3.95. The Kier molecular flexibility index (Phi) is 5.33. The minimum absolute atomic E-state index is 0.294. The van der Waals surface area contributed by atoms with Crippen LogP contribution < -0.4 is 5.32 Å². The summed E-state index contributed by atoms with van der Waals surface area (Å²) in [5.41, 5.74) is 3.29. The number of amides is 1. The van der Waals surface area contributed by atoms with E-state index in [1.807, 2.05) is 47.9 Å². The number of benzene rings is 1. The van der Waals surface area contributed by atoms with E-state index in [1.165, 1.54) is 13.3 Å². The van der Waals surface area contributed by atoms with Crippen molar-refractivity contribution in [3.05, 3.63) is 84.8 Å². The van der Waals surface area contributed by atoms with Crippen molar-refractivity contribution < 1.29 is 9.63 Å². The van der Waals surface area contributed by atoms with Crippen LogP contribution in [0.5, 0.6) is 0 Å². The highest BCUT2D eigenvalue weighted by atomic mass is 16.6. The molecule has 1 N–H and O–H groups in total. The first kappa shape index (κ1) is 19.1. The number of oxime groups is 1. The molecule has 9 heteroatoms. The number of nitrogens with one attached hydrogen (secondary N) is 1. The second-order valence-electron chi connectivity index (χ2n) is 6.38. The van der Waals surface area contributed by atoms with Crippen molar-refractivity contribution in [2.24, 2.45) is 5.16 Å². The average Bonchev–Trinajstić information content (AvgIpc) is 3.47. The molecule has 1 aromatic carbocycles. The maximum absolute atomic E-state index is 12.9. The van der Waals surface area contributed by atoms with Crippen molar-refractivity contribution in [1.82, 2.24) is 24.3 Å². The summed E-state index contributed by atoms with van der Waals surface area (Å²) in [7, 11) is 1.49. The number of imidazole rings is 1. The topological polar surface area (TPSA) is 99.2 Å². The molecule has 0 bridgehead atoms. The minimum atomic E-state index is -0.294. The van der Waals surface area contributed by atoms with Gasteiger partial charge in [-0.15, -0.1) is 0 Å². The van der Waals surface area contributed by atoms with Gasteiger partial charge in [0.1, 0.15) is 7.11 Å². The van der Waals surface area contributed by atoms with Gasteiger partial charge >= 0.3 is 0 Å². The van der Waals surface area contributed by atoms with Crippen molar-refractivity contribution in [2.45, 2.75) is 6.92 Å². The fourth-order valence-corrected chi connectivity index (χ4v) is 2.93. The number of aromatic nitrogens is 5. The third-order valence-electron chi connectivity index (χ3n) is 4.40. The van der Waals surface area contributed by atoms with Crippen LogP contribution in [0.2, 0.25) is 0 Å². The lowest BCUT2D eigenvalue weighted by Crippen LogP contribution is -2.14. The van der Waals surface area contributed by atoms with E-state index in [9.17, 15) is 4.79 Å². The lowest BCUT2D eigenvalue weighted by molar-refractivity contribution is 0.102. The molecule has 0 radical (unpaired) electrons. The van der Waals surface area contributed by atoms with Crippen LogP contribution in [0.15, 0.2) is 78.9 Å². The molecule has 30 heavy (non-hydrogen) atoms. The molecule has 0 spiro atoms. The van der Waals surface area contributed by atoms with Gasteiger partial charge in [0.25, 0.3) is 5.91 Å². The number of rotatable bonds is 6. The van der Waals surface area contributed by atoms with Crippen LogP contribution in [0.1, 0.15) is 22.8 Å². The zero-order valence-corrected chi connectivity index (χ0v) is 16.4. The Morgan fingerprint density at radius 1 is 1.17 bits per heavy atom. The van der Waals surface area contributed by atoms with Gasteiger partial charge < -0.3 is 14.7 Å². The van der Waals surface area contributed by atoms with Gasteiger partial charge in [0.2, 0.25) is 0 Å². The van der Waals surface area contributed by atoms with Gasteiger partial charge in [0.05, 0.1) is 35.2 Å². The van der Waals surface area contributed by atoms with Crippen LogP contribution in [0.4, 0.5) is 5.69 Å². The molecule has 3 heterocycles. The van der Waals surface area contributed by atoms with Gasteiger partial charge in [-0.1, -0.05) is 17.3 Å². The Labute approximate surface area is 172 Å². The lowest BCUT2D eigenvalue weighted by Gasteiger charge is -2.13. The van der Waals surface area contributed by atoms with Crippen molar-refractivity contribution in [2.75, 3.05) is 12.4 Å². The largest absolute Gasteiger partial charge is 0.399 e. The molecular weight excluding hydrogens is 382 g/mol. The van der Waals surface area contributed by atoms with E-state index in [2.05, 4.69) is 25.5 Å². The van der Waals surface area contributed by atoms with Crippen LogP contribution in [-0.4, -0.2) is 43.0 Å². The van der Waals surface area contributed by atoms with E-state index in [1.54, 1.807) is 35.8 Å². The van der Waals surface area contributed by atoms with Crippen molar-refractivity contribution in [3.8, 4) is 11.5 Å². The fraction of sp³-hybridized carbons (Fsp3) is 0.0952. The van der Waals surface area contributed by atoms with Crippen LogP contribution in [0.25, 0.3) is 11.5 Å². The molecule has 0 atom stereocenters. The maximum Gasteiger partial charge on any atom is 0.258 e. The molecule has 0 unspecified atom stereocenters. The van der Waals surface area contributed by atoms with Crippen molar-refractivity contribution >= 4 is 17.3 Å². The number of anilines is 1. The molecule has 1 amide bonds. The lowest BCUT2D eigenvalue weighted by atomic mass is 10.1. The predicted octanol–water partition coefficient (Wildman–Crippen LogP) is 3.08. The summed E-state index contributed by atoms with van der Waals surface area (Å²) >= 11 is 0. The van der Waals surface area contributed by atoms with Gasteiger partial charge in [-0.3, -0.25) is 4.79 Å². The van der Waals surface area contributed by atoms with E-state index in [4.69, 9.17) is 4.84 Å². The second-order valence-corrected chi connectivity index (χ2v) is 6.38. The molecule has 0 saturated heterocycles. The molecule has 0 aliphatic heterocycles. The van der Waals surface area contributed by atoms with E-state index >= 15 is 0 Å². The maximum atomic E-state index is 12.9. The Morgan fingerprint density at radius 2 is 2.07 bits per heavy atom. The van der Waals surface area contributed by atoms with Gasteiger partial charge in [0, 0.05) is 30.4 Å². The number of pyridine rings is 1. The summed E-state index contributed by atoms with van der Waals surface area (Å²) in [6.07, 6.45) is 9.95. The van der Waals surface area contributed by atoms with E-state index < -0.39 is 0 Å². The molecule has 150 valence electrons. The smallest absolute Gasteiger partial charge is 0.258 e. The zero-order chi connectivity index (χ0) is 20.9. The SMILES string of the molecule is CO/N=C(\C)c1ccc(-n2ccnc2)c(NC(=O)c2cnn(-c3ccccn3)c2)c1. The summed E-state index contributed by atoms with van der Waals surface area (Å²) in [6.45, 7) is 1.83. The van der Waals surface area contributed by atoms with E-state index in [-0.39, 0.29) is 5.91 Å². The van der Waals surface area contributed by atoms with Gasteiger partial charge in [0.15, 0.2) is 5.82 Å². The van der Waals surface area contributed by atoms with Crippen molar-refractivity contribution in [3.63, 3.8) is 0 Å². The van der Waals surface area contributed by atoms with Crippen LogP contribution in [-0.2, 0) is 4.84 Å². The molecule has 0 aliphatic carbocycles. The number of hydrogen-bond acceptors (Lipinski definition) is 6. The molecule has 4 rings (SSSR count). The second kappa shape index (κ2) is 8.39. The number of hydrogen-bond donors (Lipinski definition) is 1. The minimum Gasteiger partial charge on any atom is -0.399 e. The number of carbonyl (C=O) groups excluding carboxylic acids is 1. The Bertz CT molecular complexity index is 1180. The third-order valence-corrected chi connectivity index (χ3v) is 4.40. The first-order chi connectivity index (χ1) is 14.7. The summed E-state index contributed by atoms with van der Waals surface area (Å²) in [5.74, 6) is 0.334. The van der Waals surface area contributed by atoms with E-state index in [0.717, 1.165) is 11.3 Å². The molecule has 0 fully saturated rings. The highest BCUT2D eigenvalue weighted by Crippen LogP contribution is 2.23. The predicted molar refractivity (Wildman–Crippen MR) is 112 cm³/mol. The van der Waals surface area contributed by atoms with Gasteiger partial charge in [-0.05, 0) is 31.2 Å². The highest BCUT2D eigenvalue weighted by Gasteiger charge is 2.14. The number of carbonyl (C=O) groups is 1. The molecular formula is C21H19N7O2. The molecule has 4 aromatic rings. The summed E-state index contributed by atoms with van der Waals surface area (Å²) in [4.78, 5) is 26.1. The zero-order valence-electron chi connectivity index (χ0n) is 16.4. The Balaban J connectivity index is 1.66. The average molecular weight is 401 g/mol. The van der Waals surface area contributed by atoms with Crippen LogP contribution >= 0.6 is 0 Å².